The van der Waals surface area contributed by atoms with Crippen LogP contribution in [0.25, 0.3) is 27.8 Å². The molecule has 0 saturated heterocycles. The van der Waals surface area contributed by atoms with Gasteiger partial charge in [0.25, 0.3) is 5.91 Å². The number of nitrogens with one attached hydrogen (secondary N) is 2. The topological polar surface area (TPSA) is 114 Å². The van der Waals surface area contributed by atoms with E-state index in [0.717, 1.165) is 35.7 Å². The minimum absolute atomic E-state index is 0.0140. The third kappa shape index (κ3) is 3.26. The Kier molecular flexibility index (Phi) is 4.54. The predicted molar refractivity (Wildman–Crippen MR) is 122 cm³/mol. The van der Waals surface area contributed by atoms with E-state index in [4.69, 9.17) is 5.73 Å². The predicted octanol–water partition coefficient (Wildman–Crippen LogP) is 3.62. The second-order valence-corrected chi connectivity index (χ2v) is 8.40. The number of halogens is 2. The largest absolute Gasteiger partial charge is 0.367 e. The lowest BCUT2D eigenvalue weighted by atomic mass is 9.91. The number of aryl methyl sites for hydroxylation is 1. The lowest BCUT2D eigenvalue weighted by Gasteiger charge is -2.25. The summed E-state index contributed by atoms with van der Waals surface area (Å²) in [5, 5.41) is 8.67. The van der Waals surface area contributed by atoms with Crippen molar-refractivity contribution in [1.29, 1.82) is 0 Å². The summed E-state index contributed by atoms with van der Waals surface area (Å²) in [6, 6.07) is 8.16. The van der Waals surface area contributed by atoms with E-state index in [9.17, 15) is 13.6 Å². The highest BCUT2D eigenvalue weighted by Crippen LogP contribution is 2.32. The summed E-state index contributed by atoms with van der Waals surface area (Å²) in [6.45, 7) is 0. The molecule has 34 heavy (non-hydrogen) atoms. The van der Waals surface area contributed by atoms with E-state index in [1.807, 2.05) is 6.07 Å². The molecule has 0 unspecified atom stereocenters. The summed E-state index contributed by atoms with van der Waals surface area (Å²) in [6.07, 6.45) is 6.19. The minimum atomic E-state index is -0.661. The summed E-state index contributed by atoms with van der Waals surface area (Å²) in [5.41, 5.74) is 9.48. The fourth-order valence-corrected chi connectivity index (χ4v) is 4.68. The number of carbonyl (C=O) groups excluding carboxylic acids is 1. The zero-order valence-corrected chi connectivity index (χ0v) is 17.8. The smallest absolute Gasteiger partial charge is 0.254 e. The summed E-state index contributed by atoms with van der Waals surface area (Å²) in [7, 11) is 0. The summed E-state index contributed by atoms with van der Waals surface area (Å²) in [4.78, 5) is 23.6. The van der Waals surface area contributed by atoms with Crippen LogP contribution in [0.15, 0.2) is 48.9 Å². The normalized spacial score (nSPS) is 15.5. The number of aromatic nitrogens is 5. The van der Waals surface area contributed by atoms with Crippen molar-refractivity contribution in [3.05, 3.63) is 77.4 Å². The molecule has 0 saturated carbocycles. The van der Waals surface area contributed by atoms with Crippen molar-refractivity contribution in [1.82, 2.24) is 24.6 Å². The number of para-hydroxylation sites is 1. The number of nitrogens with zero attached hydrogens (tertiary/aromatic N) is 4. The maximum Gasteiger partial charge on any atom is 0.254 e. The van der Waals surface area contributed by atoms with Gasteiger partial charge in [0.05, 0.1) is 23.6 Å². The second kappa shape index (κ2) is 7.62. The van der Waals surface area contributed by atoms with Crippen molar-refractivity contribution in [3.8, 4) is 11.3 Å². The Labute approximate surface area is 191 Å². The Morgan fingerprint density at radius 2 is 2.09 bits per heavy atom. The van der Waals surface area contributed by atoms with Crippen LogP contribution in [0, 0.1) is 11.6 Å². The number of primary amides is 1. The Bertz CT molecular complexity index is 1590. The molecule has 10 heteroatoms. The first-order chi connectivity index (χ1) is 16.5. The first kappa shape index (κ1) is 20.3. The van der Waals surface area contributed by atoms with Crippen LogP contribution in [0.4, 0.5) is 14.6 Å². The van der Waals surface area contributed by atoms with E-state index >= 15 is 0 Å². The second-order valence-electron chi connectivity index (χ2n) is 8.40. The third-order valence-electron chi connectivity index (χ3n) is 6.26. The molecule has 1 aliphatic rings. The molecule has 0 fully saturated rings. The lowest BCUT2D eigenvalue weighted by molar-refractivity contribution is 0.100. The van der Waals surface area contributed by atoms with Crippen molar-refractivity contribution >= 4 is 28.3 Å². The number of nitrogens with two attached hydrogens (primary N) is 1. The first-order valence-corrected chi connectivity index (χ1v) is 10.8. The fraction of sp³-hybridized carbons (Fsp3) is 0.167. The van der Waals surface area contributed by atoms with Crippen molar-refractivity contribution in [3.63, 3.8) is 0 Å². The van der Waals surface area contributed by atoms with Gasteiger partial charge in [-0.25, -0.2) is 13.8 Å². The zero-order valence-electron chi connectivity index (χ0n) is 17.8. The monoisotopic (exact) mass is 459 g/mol. The summed E-state index contributed by atoms with van der Waals surface area (Å²) in [5.74, 6) is -0.845. The summed E-state index contributed by atoms with van der Waals surface area (Å²) >= 11 is 0. The van der Waals surface area contributed by atoms with Crippen LogP contribution in [-0.2, 0) is 12.8 Å². The molecule has 0 radical (unpaired) electrons. The van der Waals surface area contributed by atoms with Crippen molar-refractivity contribution in [2.75, 3.05) is 5.32 Å². The fourth-order valence-electron chi connectivity index (χ4n) is 4.68. The molecule has 4 aromatic heterocycles. The molecule has 1 atom stereocenters. The van der Waals surface area contributed by atoms with Crippen LogP contribution in [-0.4, -0.2) is 36.5 Å². The van der Waals surface area contributed by atoms with Gasteiger partial charge in [-0.05, 0) is 37.0 Å². The number of fused-ring (bicyclic) bond motifs is 4. The quantitative estimate of drug-likeness (QED) is 0.380. The molecule has 0 aliphatic heterocycles. The molecule has 8 nitrogen and oxygen atoms in total. The van der Waals surface area contributed by atoms with Gasteiger partial charge in [0.1, 0.15) is 23.0 Å². The number of H-pyrrole nitrogens is 1. The Balaban J connectivity index is 1.42. The molecule has 170 valence electrons. The van der Waals surface area contributed by atoms with Crippen LogP contribution in [0.5, 0.6) is 0 Å². The van der Waals surface area contributed by atoms with Gasteiger partial charge in [0.15, 0.2) is 5.65 Å². The number of anilines is 1. The van der Waals surface area contributed by atoms with Crippen LogP contribution in [0.3, 0.4) is 0 Å². The highest BCUT2D eigenvalue weighted by molar-refractivity contribution is 5.99. The Morgan fingerprint density at radius 1 is 1.21 bits per heavy atom. The van der Waals surface area contributed by atoms with E-state index in [-0.39, 0.29) is 23.1 Å². The molecule has 1 aromatic carbocycles. The van der Waals surface area contributed by atoms with Crippen LogP contribution < -0.4 is 11.1 Å². The number of amides is 1. The first-order valence-electron chi connectivity index (χ1n) is 10.8. The zero-order chi connectivity index (χ0) is 23.4. The van der Waals surface area contributed by atoms with Gasteiger partial charge in [0.2, 0.25) is 0 Å². The van der Waals surface area contributed by atoms with Gasteiger partial charge in [0, 0.05) is 34.9 Å². The van der Waals surface area contributed by atoms with Gasteiger partial charge < -0.3 is 16.0 Å². The van der Waals surface area contributed by atoms with Crippen molar-refractivity contribution in [2.45, 2.75) is 25.3 Å². The van der Waals surface area contributed by atoms with E-state index in [1.54, 1.807) is 12.1 Å². The van der Waals surface area contributed by atoms with Gasteiger partial charge in [-0.2, -0.15) is 9.61 Å². The van der Waals surface area contributed by atoms with E-state index < -0.39 is 11.7 Å². The highest BCUT2D eigenvalue weighted by Gasteiger charge is 2.25. The SMILES string of the molecule is NC(=O)c1cnn2c(N[C@@H]3CCc4[nH]c5c(F)cccc5c4C3)cc(-c3cncc(F)c3)nc12. The number of hydrogen-bond acceptors (Lipinski definition) is 5. The molecule has 6 rings (SSSR count). The number of carbonyl (C=O) groups is 1. The standard InChI is InChI=1S/C24H19F2N7O/c25-13-6-12(9-28-10-13)20-8-21(33-24(32-20)17(11-29-33)23(27)34)30-14-4-5-19-16(7-14)15-2-1-3-18(26)22(15)31-19/h1-3,6,8-11,14,30-31H,4-5,7H2,(H2,27,34)/t14-/m1/s1. The maximum atomic E-state index is 14.3. The van der Waals surface area contributed by atoms with Gasteiger partial charge >= 0.3 is 0 Å². The average Bonchev–Trinajstić information content (AvgIpc) is 3.42. The average molecular weight is 459 g/mol. The number of aromatic amines is 1. The Hall–Kier alpha value is -4.34. The number of hydrogen-bond donors (Lipinski definition) is 3. The molecule has 1 amide bonds. The molecular weight excluding hydrogens is 440 g/mol. The maximum absolute atomic E-state index is 14.3. The molecule has 1 aliphatic carbocycles. The van der Waals surface area contributed by atoms with E-state index in [0.29, 0.717) is 29.0 Å². The molecular formula is C24H19F2N7O. The van der Waals surface area contributed by atoms with Crippen molar-refractivity contribution in [2.24, 2.45) is 5.73 Å². The van der Waals surface area contributed by atoms with E-state index in [1.165, 1.54) is 29.0 Å². The van der Waals surface area contributed by atoms with Crippen LogP contribution in [0.1, 0.15) is 28.0 Å². The molecule has 5 aromatic rings. The Morgan fingerprint density at radius 3 is 2.91 bits per heavy atom. The van der Waals surface area contributed by atoms with Crippen LogP contribution >= 0.6 is 0 Å². The van der Waals surface area contributed by atoms with Crippen molar-refractivity contribution < 1.29 is 13.6 Å². The minimum Gasteiger partial charge on any atom is -0.367 e. The van der Waals surface area contributed by atoms with E-state index in [2.05, 4.69) is 25.4 Å². The number of rotatable bonds is 4. The highest BCUT2D eigenvalue weighted by atomic mass is 19.1. The third-order valence-corrected chi connectivity index (χ3v) is 6.26. The molecule has 4 N–H and O–H groups in total. The summed E-state index contributed by atoms with van der Waals surface area (Å²) < 4.78 is 29.6. The van der Waals surface area contributed by atoms with Gasteiger partial charge in [-0.15, -0.1) is 0 Å². The van der Waals surface area contributed by atoms with Crippen LogP contribution in [0.2, 0.25) is 0 Å². The molecule has 0 spiro atoms. The number of benzene rings is 1. The van der Waals surface area contributed by atoms with Gasteiger partial charge in [-0.3, -0.25) is 9.78 Å². The lowest BCUT2D eigenvalue weighted by Crippen LogP contribution is -2.28. The molecule has 0 bridgehead atoms. The molecule has 4 heterocycles. The number of pyridine rings is 1. The van der Waals surface area contributed by atoms with Gasteiger partial charge in [-0.1, -0.05) is 12.1 Å².